The Morgan fingerprint density at radius 2 is 1.71 bits per heavy atom. The lowest BCUT2D eigenvalue weighted by molar-refractivity contribution is -0.142. The van der Waals surface area contributed by atoms with E-state index in [0.29, 0.717) is 38.2 Å². The van der Waals surface area contributed by atoms with Crippen LogP contribution in [0.5, 0.6) is 0 Å². The molecule has 0 bridgehead atoms. The Bertz CT molecular complexity index is 1140. The smallest absolute Gasteiger partial charge is 0.326 e. The molecule has 3 aromatic rings. The minimum absolute atomic E-state index is 0.139. The number of carboxylic acids is 1. The number of hydrogen-bond donors (Lipinski definition) is 2. The average Bonchev–Trinajstić information content (AvgIpc) is 3.39. The van der Waals surface area contributed by atoms with Crippen molar-refractivity contribution in [1.82, 2.24) is 14.9 Å². The Hall–Kier alpha value is -3.32. The lowest BCUT2D eigenvalue weighted by Gasteiger charge is -2.34. The summed E-state index contributed by atoms with van der Waals surface area (Å²) in [5.41, 5.74) is 3.77. The molecule has 206 valence electrons. The third kappa shape index (κ3) is 8.62. The number of amides is 1. The van der Waals surface area contributed by atoms with Crippen LogP contribution < -0.4 is 10.2 Å². The van der Waals surface area contributed by atoms with Gasteiger partial charge in [0.15, 0.2) is 0 Å². The van der Waals surface area contributed by atoms with Crippen LogP contribution in [0.2, 0.25) is 5.02 Å². The molecule has 7 nitrogen and oxygen atoms in total. The maximum absolute atomic E-state index is 12.9. The summed E-state index contributed by atoms with van der Waals surface area (Å²) in [5.74, 6) is -1.50. The number of benzene rings is 2. The van der Waals surface area contributed by atoms with Crippen LogP contribution in [-0.4, -0.2) is 45.7 Å². The number of carbonyl (C=O) groups excluding carboxylic acids is 1. The van der Waals surface area contributed by atoms with Gasteiger partial charge in [-0.15, -0.1) is 0 Å². The standard InChI is InChI=1S/C26H29ClN4O3.2C2H6/c1-18-6-5-9-23(24(18)27)31-12-10-20(11-13-31)25(32)29-22(26(33)34)14-21-16-30(17-28-21)15-19-7-3-2-4-8-19;2*1-2/h2-9,16-17,20,22H,10-15H2,1H3,(H,29,32)(H,33,34);2*1-2H3. The number of hydrogen-bond acceptors (Lipinski definition) is 4. The van der Waals surface area contributed by atoms with E-state index >= 15 is 0 Å². The van der Waals surface area contributed by atoms with Crippen LogP contribution >= 0.6 is 11.6 Å². The number of carbonyl (C=O) groups is 2. The van der Waals surface area contributed by atoms with Crippen LogP contribution in [0, 0.1) is 12.8 Å². The first kappa shape index (κ1) is 30.9. The van der Waals surface area contributed by atoms with E-state index in [1.807, 2.05) is 93.9 Å². The van der Waals surface area contributed by atoms with Gasteiger partial charge in [-0.25, -0.2) is 9.78 Å². The Morgan fingerprint density at radius 3 is 2.34 bits per heavy atom. The molecule has 1 aliphatic rings. The molecule has 0 radical (unpaired) electrons. The maximum Gasteiger partial charge on any atom is 0.326 e. The first-order valence-electron chi connectivity index (χ1n) is 13.5. The highest BCUT2D eigenvalue weighted by atomic mass is 35.5. The minimum Gasteiger partial charge on any atom is -0.480 e. The largest absolute Gasteiger partial charge is 0.480 e. The van der Waals surface area contributed by atoms with Crippen molar-refractivity contribution in [1.29, 1.82) is 0 Å². The van der Waals surface area contributed by atoms with Crippen LogP contribution in [-0.2, 0) is 22.6 Å². The summed E-state index contributed by atoms with van der Waals surface area (Å²) in [7, 11) is 0. The quantitative estimate of drug-likeness (QED) is 0.367. The number of imidazole rings is 1. The highest BCUT2D eigenvalue weighted by Crippen LogP contribution is 2.32. The number of piperidine rings is 1. The van der Waals surface area contributed by atoms with Gasteiger partial charge in [-0.1, -0.05) is 81.8 Å². The molecule has 1 aliphatic heterocycles. The van der Waals surface area contributed by atoms with Crippen molar-refractivity contribution < 1.29 is 14.7 Å². The molecular formula is C30H41ClN4O3. The zero-order chi connectivity index (χ0) is 28.1. The van der Waals surface area contributed by atoms with Gasteiger partial charge < -0.3 is 19.9 Å². The predicted molar refractivity (Wildman–Crippen MR) is 155 cm³/mol. The molecule has 2 N–H and O–H groups in total. The molecule has 1 atom stereocenters. The van der Waals surface area contributed by atoms with Crippen molar-refractivity contribution >= 4 is 29.2 Å². The Labute approximate surface area is 231 Å². The second-order valence-corrected chi connectivity index (χ2v) is 9.17. The molecule has 1 fully saturated rings. The average molecular weight is 541 g/mol. The summed E-state index contributed by atoms with van der Waals surface area (Å²) in [4.78, 5) is 31.3. The number of anilines is 1. The number of aromatic nitrogens is 2. The Balaban J connectivity index is 0.00000121. The van der Waals surface area contributed by atoms with E-state index in [2.05, 4.69) is 15.2 Å². The van der Waals surface area contributed by atoms with E-state index < -0.39 is 12.0 Å². The number of nitrogens with zero attached hydrogens (tertiary/aromatic N) is 3. The lowest BCUT2D eigenvalue weighted by Crippen LogP contribution is -2.47. The summed E-state index contributed by atoms with van der Waals surface area (Å²) in [6.07, 6.45) is 4.96. The third-order valence-corrected chi connectivity index (χ3v) is 6.79. The Morgan fingerprint density at radius 1 is 1.05 bits per heavy atom. The molecule has 1 saturated heterocycles. The van der Waals surface area contributed by atoms with Gasteiger partial charge in [0.1, 0.15) is 6.04 Å². The maximum atomic E-state index is 12.9. The molecule has 0 saturated carbocycles. The van der Waals surface area contributed by atoms with E-state index in [0.717, 1.165) is 21.8 Å². The fourth-order valence-corrected chi connectivity index (χ4v) is 4.60. The number of nitrogens with one attached hydrogen (secondary N) is 1. The van der Waals surface area contributed by atoms with Crippen LogP contribution in [0.3, 0.4) is 0 Å². The fraction of sp³-hybridized carbons (Fsp3) is 0.433. The number of halogens is 1. The molecule has 2 heterocycles. The van der Waals surface area contributed by atoms with Gasteiger partial charge in [0, 0.05) is 38.2 Å². The zero-order valence-corrected chi connectivity index (χ0v) is 23.9. The first-order valence-corrected chi connectivity index (χ1v) is 13.9. The van der Waals surface area contributed by atoms with Gasteiger partial charge in [-0.05, 0) is 37.0 Å². The molecule has 1 aromatic heterocycles. The molecular weight excluding hydrogens is 500 g/mol. The molecule has 38 heavy (non-hydrogen) atoms. The number of aryl methyl sites for hydroxylation is 1. The first-order chi connectivity index (χ1) is 18.4. The molecule has 2 aromatic carbocycles. The number of aliphatic carboxylic acids is 1. The normalized spacial score (nSPS) is 13.9. The second kappa shape index (κ2) is 15.8. The van der Waals surface area contributed by atoms with Gasteiger partial charge in [0.2, 0.25) is 5.91 Å². The van der Waals surface area contributed by atoms with Gasteiger partial charge in [0.05, 0.1) is 22.7 Å². The summed E-state index contributed by atoms with van der Waals surface area (Å²) in [6.45, 7) is 12.0. The third-order valence-electron chi connectivity index (χ3n) is 6.30. The topological polar surface area (TPSA) is 87.5 Å². The number of carboxylic acid groups (broad SMARTS) is 1. The van der Waals surface area contributed by atoms with Gasteiger partial charge >= 0.3 is 5.97 Å². The van der Waals surface area contributed by atoms with E-state index in [9.17, 15) is 14.7 Å². The van der Waals surface area contributed by atoms with E-state index in [-0.39, 0.29) is 18.2 Å². The van der Waals surface area contributed by atoms with Crippen LogP contribution in [0.1, 0.15) is 57.4 Å². The summed E-state index contributed by atoms with van der Waals surface area (Å²) in [6, 6.07) is 14.9. The molecule has 0 aliphatic carbocycles. The Kier molecular flexibility index (Phi) is 12.9. The van der Waals surface area contributed by atoms with Gasteiger partial charge in [-0.2, -0.15) is 0 Å². The second-order valence-electron chi connectivity index (χ2n) is 8.80. The minimum atomic E-state index is -1.06. The highest BCUT2D eigenvalue weighted by molar-refractivity contribution is 6.34. The van der Waals surface area contributed by atoms with E-state index in [4.69, 9.17) is 11.6 Å². The summed E-state index contributed by atoms with van der Waals surface area (Å²) < 4.78 is 1.91. The monoisotopic (exact) mass is 540 g/mol. The van der Waals surface area contributed by atoms with Crippen molar-refractivity contribution in [2.75, 3.05) is 18.0 Å². The fourth-order valence-electron chi connectivity index (χ4n) is 4.35. The molecule has 8 heteroatoms. The summed E-state index contributed by atoms with van der Waals surface area (Å²) >= 11 is 6.46. The lowest BCUT2D eigenvalue weighted by atomic mass is 9.94. The zero-order valence-electron chi connectivity index (χ0n) is 23.2. The molecule has 4 rings (SSSR count). The van der Waals surface area contributed by atoms with Crippen molar-refractivity contribution in [3.63, 3.8) is 0 Å². The highest BCUT2D eigenvalue weighted by Gasteiger charge is 2.29. The van der Waals surface area contributed by atoms with E-state index in [1.165, 1.54) is 0 Å². The van der Waals surface area contributed by atoms with Crippen LogP contribution in [0.4, 0.5) is 5.69 Å². The molecule has 0 spiro atoms. The predicted octanol–water partition coefficient (Wildman–Crippen LogP) is 5.97. The molecule has 1 unspecified atom stereocenters. The van der Waals surface area contributed by atoms with Crippen molar-refractivity contribution in [3.8, 4) is 0 Å². The molecule has 1 amide bonds. The van der Waals surface area contributed by atoms with E-state index in [1.54, 1.807) is 6.33 Å². The summed E-state index contributed by atoms with van der Waals surface area (Å²) in [5, 5.41) is 13.2. The van der Waals surface area contributed by atoms with Crippen molar-refractivity contribution in [3.05, 3.63) is 82.9 Å². The van der Waals surface area contributed by atoms with Crippen molar-refractivity contribution in [2.45, 2.75) is 66.5 Å². The van der Waals surface area contributed by atoms with Crippen LogP contribution in [0.15, 0.2) is 61.1 Å². The SMILES string of the molecule is CC.CC.Cc1cccc(N2CCC(C(=O)NC(Cc3cn(Cc4ccccc4)cn3)C(=O)O)CC2)c1Cl. The van der Waals surface area contributed by atoms with Crippen LogP contribution in [0.25, 0.3) is 0 Å². The van der Waals surface area contributed by atoms with Gasteiger partial charge in [-0.3, -0.25) is 4.79 Å². The van der Waals surface area contributed by atoms with Gasteiger partial charge in [0.25, 0.3) is 0 Å². The van der Waals surface area contributed by atoms with Crippen molar-refractivity contribution in [2.24, 2.45) is 5.92 Å². The number of rotatable bonds is 8.